The van der Waals surface area contributed by atoms with Crippen molar-refractivity contribution in [2.75, 3.05) is 5.32 Å². The summed E-state index contributed by atoms with van der Waals surface area (Å²) in [6.07, 6.45) is 5.12. The number of para-hydroxylation sites is 1. The predicted octanol–water partition coefficient (Wildman–Crippen LogP) is 2.44. The molecule has 1 aromatic carbocycles. The van der Waals surface area contributed by atoms with Crippen LogP contribution in [0.15, 0.2) is 36.5 Å². The molecule has 0 bridgehead atoms. The number of carbonyl (C=O) groups excluding carboxylic acids is 1. The summed E-state index contributed by atoms with van der Waals surface area (Å²) in [6, 6.07) is 9.64. The maximum absolute atomic E-state index is 12.0. The van der Waals surface area contributed by atoms with Gasteiger partial charge in [-0.05, 0) is 31.4 Å². The average molecular weight is 255 g/mol. The van der Waals surface area contributed by atoms with E-state index in [1.165, 1.54) is 0 Å². The van der Waals surface area contributed by atoms with Gasteiger partial charge < -0.3 is 11.1 Å². The Bertz CT molecular complexity index is 614. The molecular formula is C15H17N3O. The lowest BCUT2D eigenvalue weighted by molar-refractivity contribution is -0.118. The Morgan fingerprint density at radius 1 is 1.32 bits per heavy atom. The zero-order valence-electron chi connectivity index (χ0n) is 10.7. The van der Waals surface area contributed by atoms with Gasteiger partial charge in [-0.25, -0.2) is 0 Å². The number of hydrogen-bond donors (Lipinski definition) is 2. The second-order valence-electron chi connectivity index (χ2n) is 5.32. The molecule has 3 rings (SSSR count). The van der Waals surface area contributed by atoms with Crippen molar-refractivity contribution in [2.24, 2.45) is 5.73 Å². The second kappa shape index (κ2) is 4.63. The second-order valence-corrected chi connectivity index (χ2v) is 5.32. The fraction of sp³-hybridized carbons (Fsp3) is 0.333. The lowest BCUT2D eigenvalue weighted by atomic mass is 9.75. The Kier molecular flexibility index (Phi) is 2.95. The molecule has 1 aromatic heterocycles. The standard InChI is InChI=1S/C15H17N3O/c16-15(7-3-8-15)10-13(19)18-12-6-1-4-11-5-2-9-17-14(11)12/h1-2,4-6,9H,3,7-8,10,16H2,(H,18,19). The lowest BCUT2D eigenvalue weighted by Gasteiger charge is -2.37. The quantitative estimate of drug-likeness (QED) is 0.885. The van der Waals surface area contributed by atoms with Crippen LogP contribution in [0.2, 0.25) is 0 Å². The van der Waals surface area contributed by atoms with Gasteiger partial charge in [0, 0.05) is 23.5 Å². The summed E-state index contributed by atoms with van der Waals surface area (Å²) in [7, 11) is 0. The van der Waals surface area contributed by atoms with E-state index < -0.39 is 0 Å². The summed E-state index contributed by atoms with van der Waals surface area (Å²) >= 11 is 0. The summed E-state index contributed by atoms with van der Waals surface area (Å²) in [5, 5.41) is 3.95. The molecule has 19 heavy (non-hydrogen) atoms. The van der Waals surface area contributed by atoms with E-state index in [0.29, 0.717) is 6.42 Å². The van der Waals surface area contributed by atoms with Gasteiger partial charge in [-0.15, -0.1) is 0 Å². The summed E-state index contributed by atoms with van der Waals surface area (Å²) in [5.41, 5.74) is 7.38. The molecular weight excluding hydrogens is 238 g/mol. The van der Waals surface area contributed by atoms with E-state index in [0.717, 1.165) is 35.9 Å². The molecule has 1 aliphatic carbocycles. The highest BCUT2D eigenvalue weighted by atomic mass is 16.1. The van der Waals surface area contributed by atoms with E-state index in [1.807, 2.05) is 30.3 Å². The van der Waals surface area contributed by atoms with Gasteiger partial charge in [-0.2, -0.15) is 0 Å². The molecule has 1 fully saturated rings. The van der Waals surface area contributed by atoms with Crippen LogP contribution >= 0.6 is 0 Å². The lowest BCUT2D eigenvalue weighted by Crippen LogP contribution is -2.48. The number of anilines is 1. The van der Waals surface area contributed by atoms with Crippen LogP contribution in [0, 0.1) is 0 Å². The highest BCUT2D eigenvalue weighted by Gasteiger charge is 2.34. The number of aromatic nitrogens is 1. The first-order chi connectivity index (χ1) is 9.16. The summed E-state index contributed by atoms with van der Waals surface area (Å²) in [5.74, 6) is -0.0275. The maximum Gasteiger partial charge on any atom is 0.226 e. The largest absolute Gasteiger partial charge is 0.325 e. The number of rotatable bonds is 3. The van der Waals surface area contributed by atoms with E-state index in [9.17, 15) is 4.79 Å². The third-order valence-electron chi connectivity index (χ3n) is 3.77. The van der Waals surface area contributed by atoms with Crippen LogP contribution in [0.5, 0.6) is 0 Å². The van der Waals surface area contributed by atoms with E-state index >= 15 is 0 Å². The Morgan fingerprint density at radius 2 is 2.11 bits per heavy atom. The number of nitrogens with two attached hydrogens (primary N) is 1. The number of fused-ring (bicyclic) bond motifs is 1. The molecule has 0 spiro atoms. The SMILES string of the molecule is NC1(CC(=O)Nc2cccc3cccnc23)CCC1. The number of pyridine rings is 1. The van der Waals surface area contributed by atoms with Crippen molar-refractivity contribution in [2.45, 2.75) is 31.2 Å². The van der Waals surface area contributed by atoms with Crippen molar-refractivity contribution in [1.29, 1.82) is 0 Å². The molecule has 1 heterocycles. The minimum absolute atomic E-state index is 0.0275. The number of nitrogens with zero attached hydrogens (tertiary/aromatic N) is 1. The molecule has 0 aliphatic heterocycles. The van der Waals surface area contributed by atoms with Gasteiger partial charge in [0.15, 0.2) is 0 Å². The molecule has 0 radical (unpaired) electrons. The highest BCUT2D eigenvalue weighted by Crippen LogP contribution is 2.32. The first-order valence-electron chi connectivity index (χ1n) is 6.59. The average Bonchev–Trinajstić information content (AvgIpc) is 2.37. The molecule has 0 saturated heterocycles. The summed E-state index contributed by atoms with van der Waals surface area (Å²) in [4.78, 5) is 16.4. The van der Waals surface area contributed by atoms with Gasteiger partial charge in [0.1, 0.15) is 0 Å². The van der Waals surface area contributed by atoms with E-state index in [1.54, 1.807) is 6.20 Å². The third-order valence-corrected chi connectivity index (χ3v) is 3.77. The van der Waals surface area contributed by atoms with Gasteiger partial charge in [0.25, 0.3) is 0 Å². The molecule has 3 N–H and O–H groups in total. The Labute approximate surface area is 112 Å². The molecule has 4 nitrogen and oxygen atoms in total. The third kappa shape index (κ3) is 2.44. The normalized spacial score (nSPS) is 16.9. The Morgan fingerprint density at radius 3 is 2.84 bits per heavy atom. The smallest absolute Gasteiger partial charge is 0.226 e. The Hall–Kier alpha value is -1.94. The minimum Gasteiger partial charge on any atom is -0.325 e. The highest BCUT2D eigenvalue weighted by molar-refractivity contribution is 6.00. The molecule has 2 aromatic rings. The van der Waals surface area contributed by atoms with Gasteiger partial charge in [0.05, 0.1) is 11.2 Å². The van der Waals surface area contributed by atoms with Crippen LogP contribution in [0.1, 0.15) is 25.7 Å². The number of nitrogens with one attached hydrogen (secondary N) is 1. The first-order valence-corrected chi connectivity index (χ1v) is 6.59. The molecule has 4 heteroatoms. The first kappa shape index (κ1) is 12.1. The van der Waals surface area contributed by atoms with Crippen molar-refractivity contribution >= 4 is 22.5 Å². The van der Waals surface area contributed by atoms with Gasteiger partial charge in [0.2, 0.25) is 5.91 Å². The van der Waals surface area contributed by atoms with E-state index in [2.05, 4.69) is 10.3 Å². The van der Waals surface area contributed by atoms with Gasteiger partial charge in [-0.3, -0.25) is 9.78 Å². The molecule has 0 unspecified atom stereocenters. The summed E-state index contributed by atoms with van der Waals surface area (Å²) in [6.45, 7) is 0. The molecule has 0 atom stereocenters. The van der Waals surface area contributed by atoms with Crippen molar-refractivity contribution < 1.29 is 4.79 Å². The van der Waals surface area contributed by atoms with Crippen molar-refractivity contribution in [3.05, 3.63) is 36.5 Å². The van der Waals surface area contributed by atoms with Crippen molar-refractivity contribution in [1.82, 2.24) is 4.98 Å². The topological polar surface area (TPSA) is 68.0 Å². The summed E-state index contributed by atoms with van der Waals surface area (Å²) < 4.78 is 0. The fourth-order valence-corrected chi connectivity index (χ4v) is 2.53. The number of amides is 1. The predicted molar refractivity (Wildman–Crippen MR) is 75.8 cm³/mol. The monoisotopic (exact) mass is 255 g/mol. The van der Waals surface area contributed by atoms with Crippen LogP contribution in [-0.4, -0.2) is 16.4 Å². The maximum atomic E-state index is 12.0. The van der Waals surface area contributed by atoms with Crippen LogP contribution in [-0.2, 0) is 4.79 Å². The molecule has 1 saturated carbocycles. The number of hydrogen-bond acceptors (Lipinski definition) is 3. The van der Waals surface area contributed by atoms with Crippen LogP contribution in [0.4, 0.5) is 5.69 Å². The van der Waals surface area contributed by atoms with Gasteiger partial charge in [-0.1, -0.05) is 18.2 Å². The van der Waals surface area contributed by atoms with Crippen molar-refractivity contribution in [3.8, 4) is 0 Å². The van der Waals surface area contributed by atoms with E-state index in [-0.39, 0.29) is 11.4 Å². The van der Waals surface area contributed by atoms with Crippen molar-refractivity contribution in [3.63, 3.8) is 0 Å². The molecule has 98 valence electrons. The zero-order chi connectivity index (χ0) is 13.3. The number of carbonyl (C=O) groups is 1. The number of benzene rings is 1. The van der Waals surface area contributed by atoms with E-state index in [4.69, 9.17) is 5.73 Å². The fourth-order valence-electron chi connectivity index (χ4n) is 2.53. The van der Waals surface area contributed by atoms with Crippen LogP contribution in [0.25, 0.3) is 10.9 Å². The van der Waals surface area contributed by atoms with Crippen LogP contribution < -0.4 is 11.1 Å². The van der Waals surface area contributed by atoms with Gasteiger partial charge >= 0.3 is 0 Å². The van der Waals surface area contributed by atoms with Crippen LogP contribution in [0.3, 0.4) is 0 Å². The molecule has 1 aliphatic rings. The Balaban J connectivity index is 1.79. The zero-order valence-corrected chi connectivity index (χ0v) is 10.7. The minimum atomic E-state index is -0.290. The molecule has 1 amide bonds.